The highest BCUT2D eigenvalue weighted by Crippen LogP contribution is 2.18. The van der Waals surface area contributed by atoms with Gasteiger partial charge >= 0.3 is 0 Å². The summed E-state index contributed by atoms with van der Waals surface area (Å²) in [6.07, 6.45) is 3.31. The predicted molar refractivity (Wildman–Crippen MR) is 100 cm³/mol. The Kier molecular flexibility index (Phi) is 7.06. The number of rotatable bonds is 8. The molecule has 0 aliphatic rings. The van der Waals surface area contributed by atoms with Gasteiger partial charge in [0.25, 0.3) is 0 Å². The van der Waals surface area contributed by atoms with Crippen LogP contribution in [-0.2, 0) is 9.59 Å². The molecule has 0 saturated carbocycles. The lowest BCUT2D eigenvalue weighted by Gasteiger charge is -2.26. The first-order chi connectivity index (χ1) is 12.8. The number of carbonyl (C=O) groups is 2. The van der Waals surface area contributed by atoms with Crippen LogP contribution >= 0.6 is 0 Å². The van der Waals surface area contributed by atoms with Crippen LogP contribution in [0, 0.1) is 5.82 Å². The van der Waals surface area contributed by atoms with Crippen molar-refractivity contribution in [2.45, 2.75) is 19.0 Å². The molecule has 146 valence electrons. The third-order valence-electron chi connectivity index (χ3n) is 4.39. The van der Waals surface area contributed by atoms with Gasteiger partial charge in [-0.25, -0.2) is 4.39 Å². The molecule has 1 N–H and O–H groups in total. The van der Waals surface area contributed by atoms with Crippen LogP contribution < -0.4 is 5.32 Å². The zero-order valence-corrected chi connectivity index (χ0v) is 16.1. The van der Waals surface area contributed by atoms with E-state index in [4.69, 9.17) is 0 Å². The molecule has 0 radical (unpaired) electrons. The Balaban J connectivity index is 1.91. The second-order valence-electron chi connectivity index (χ2n) is 6.69. The molecule has 1 heterocycles. The Bertz CT molecular complexity index is 763. The van der Waals surface area contributed by atoms with E-state index in [-0.39, 0.29) is 30.2 Å². The maximum Gasteiger partial charge on any atom is 0.247 e. The van der Waals surface area contributed by atoms with E-state index in [2.05, 4.69) is 10.4 Å². The molecule has 0 aliphatic heterocycles. The Labute approximate surface area is 158 Å². The Morgan fingerprint density at radius 2 is 2.00 bits per heavy atom. The predicted octanol–water partition coefficient (Wildman–Crippen LogP) is 1.46. The lowest BCUT2D eigenvalue weighted by atomic mass is 10.1. The third-order valence-corrected chi connectivity index (χ3v) is 4.39. The highest BCUT2D eigenvalue weighted by atomic mass is 19.1. The minimum Gasteiger partial charge on any atom is -0.353 e. The Morgan fingerprint density at radius 1 is 1.26 bits per heavy atom. The fourth-order valence-electron chi connectivity index (χ4n) is 2.81. The van der Waals surface area contributed by atoms with E-state index in [0.29, 0.717) is 6.54 Å². The van der Waals surface area contributed by atoms with Gasteiger partial charge in [0, 0.05) is 26.0 Å². The maximum absolute atomic E-state index is 13.5. The summed E-state index contributed by atoms with van der Waals surface area (Å²) >= 11 is 0. The molecule has 2 atom stereocenters. The van der Waals surface area contributed by atoms with Gasteiger partial charge in [-0.05, 0) is 44.8 Å². The first-order valence-electron chi connectivity index (χ1n) is 8.72. The topological polar surface area (TPSA) is 70.5 Å². The van der Waals surface area contributed by atoms with E-state index < -0.39 is 6.04 Å². The van der Waals surface area contributed by atoms with Crippen LogP contribution in [0.5, 0.6) is 0 Å². The van der Waals surface area contributed by atoms with E-state index >= 15 is 0 Å². The molecule has 1 aromatic heterocycles. The summed E-state index contributed by atoms with van der Waals surface area (Å²) in [7, 11) is 5.31. The monoisotopic (exact) mass is 375 g/mol. The molecule has 2 rings (SSSR count). The molecule has 0 spiro atoms. The van der Waals surface area contributed by atoms with Crippen LogP contribution in [0.25, 0.3) is 0 Å². The molecule has 7 nitrogen and oxygen atoms in total. The van der Waals surface area contributed by atoms with Gasteiger partial charge < -0.3 is 15.1 Å². The largest absolute Gasteiger partial charge is 0.353 e. The normalized spacial score (nSPS) is 13.3. The van der Waals surface area contributed by atoms with Gasteiger partial charge in [0.2, 0.25) is 11.8 Å². The highest BCUT2D eigenvalue weighted by molar-refractivity contribution is 5.86. The first-order valence-corrected chi connectivity index (χ1v) is 8.72. The van der Waals surface area contributed by atoms with Gasteiger partial charge in [-0.15, -0.1) is 0 Å². The molecule has 0 saturated heterocycles. The fourth-order valence-corrected chi connectivity index (χ4v) is 2.81. The molecule has 0 aliphatic carbocycles. The van der Waals surface area contributed by atoms with Gasteiger partial charge in [-0.3, -0.25) is 14.3 Å². The maximum atomic E-state index is 13.5. The summed E-state index contributed by atoms with van der Waals surface area (Å²) in [5.41, 5.74) is 0.775. The number of aromatic nitrogens is 2. The molecule has 1 aromatic carbocycles. The number of benzene rings is 1. The number of carbonyl (C=O) groups excluding carboxylic acids is 2. The van der Waals surface area contributed by atoms with E-state index in [1.54, 1.807) is 43.2 Å². The number of nitrogens with one attached hydrogen (secondary N) is 1. The van der Waals surface area contributed by atoms with E-state index in [1.807, 2.05) is 25.1 Å². The van der Waals surface area contributed by atoms with Crippen LogP contribution in [-0.4, -0.2) is 65.6 Å². The molecule has 27 heavy (non-hydrogen) atoms. The summed E-state index contributed by atoms with van der Waals surface area (Å²) in [4.78, 5) is 28.0. The molecule has 8 heteroatoms. The van der Waals surface area contributed by atoms with Crippen LogP contribution in [0.3, 0.4) is 0 Å². The summed E-state index contributed by atoms with van der Waals surface area (Å²) in [6.45, 7) is 1.98. The van der Waals surface area contributed by atoms with E-state index in [0.717, 1.165) is 5.56 Å². The zero-order chi connectivity index (χ0) is 20.0. The van der Waals surface area contributed by atoms with Crippen molar-refractivity contribution in [3.63, 3.8) is 0 Å². The molecular formula is C19H26FN5O2. The van der Waals surface area contributed by atoms with Gasteiger partial charge in [0.1, 0.15) is 11.9 Å². The Morgan fingerprint density at radius 3 is 2.59 bits per heavy atom. The minimum atomic E-state index is -0.486. The molecule has 2 amide bonds. The number of halogens is 1. The van der Waals surface area contributed by atoms with Crippen molar-refractivity contribution in [2.75, 3.05) is 34.2 Å². The molecular weight excluding hydrogens is 349 g/mol. The smallest absolute Gasteiger partial charge is 0.247 e. The van der Waals surface area contributed by atoms with Gasteiger partial charge in [0.15, 0.2) is 0 Å². The average molecular weight is 375 g/mol. The standard InChI is InChI=1S/C19H26FN5O2/c1-14(25-10-6-9-22-25)19(27)24(4)13-18(26)21-12-17(23(2)3)15-7-5-8-16(20)11-15/h5-11,14,17H,12-13H2,1-4H3,(H,21,26). The number of hydrogen-bond donors (Lipinski definition) is 1. The van der Waals surface area contributed by atoms with Gasteiger partial charge in [0.05, 0.1) is 12.6 Å². The molecule has 0 bridgehead atoms. The lowest BCUT2D eigenvalue weighted by molar-refractivity contribution is -0.137. The average Bonchev–Trinajstić information content (AvgIpc) is 3.15. The number of hydrogen-bond acceptors (Lipinski definition) is 4. The summed E-state index contributed by atoms with van der Waals surface area (Å²) in [6, 6.07) is 7.39. The highest BCUT2D eigenvalue weighted by Gasteiger charge is 2.22. The number of amides is 2. The van der Waals surface area contributed by atoms with Crippen molar-refractivity contribution in [3.05, 3.63) is 54.1 Å². The van der Waals surface area contributed by atoms with Gasteiger partial charge in [-0.2, -0.15) is 5.10 Å². The number of nitrogens with zero attached hydrogens (tertiary/aromatic N) is 4. The van der Waals surface area contributed by atoms with Crippen LogP contribution in [0.4, 0.5) is 4.39 Å². The molecule has 2 aromatic rings. The van der Waals surface area contributed by atoms with Gasteiger partial charge in [-0.1, -0.05) is 12.1 Å². The van der Waals surface area contributed by atoms with Crippen molar-refractivity contribution in [3.8, 4) is 0 Å². The summed E-state index contributed by atoms with van der Waals surface area (Å²) in [5.74, 6) is -0.798. The fraction of sp³-hybridized carbons (Fsp3) is 0.421. The van der Waals surface area contributed by atoms with Crippen LogP contribution in [0.1, 0.15) is 24.6 Å². The third kappa shape index (κ3) is 5.62. The van der Waals surface area contributed by atoms with Crippen LogP contribution in [0.2, 0.25) is 0 Å². The van der Waals surface area contributed by atoms with Crippen molar-refractivity contribution < 1.29 is 14.0 Å². The molecule has 0 fully saturated rings. The minimum absolute atomic E-state index is 0.0618. The van der Waals surface area contributed by atoms with Crippen molar-refractivity contribution in [1.29, 1.82) is 0 Å². The molecule has 2 unspecified atom stereocenters. The zero-order valence-electron chi connectivity index (χ0n) is 16.1. The summed E-state index contributed by atoms with van der Waals surface area (Å²) < 4.78 is 15.0. The van der Waals surface area contributed by atoms with Crippen molar-refractivity contribution in [1.82, 2.24) is 24.9 Å². The lowest BCUT2D eigenvalue weighted by Crippen LogP contribution is -2.43. The SMILES string of the molecule is CC(C(=O)N(C)CC(=O)NCC(c1cccc(F)c1)N(C)C)n1cccn1. The number of likely N-dealkylation sites (N-methyl/N-ethyl adjacent to an activating group) is 2. The Hall–Kier alpha value is -2.74. The van der Waals surface area contributed by atoms with E-state index in [9.17, 15) is 14.0 Å². The quantitative estimate of drug-likeness (QED) is 0.758. The van der Waals surface area contributed by atoms with Crippen LogP contribution in [0.15, 0.2) is 42.7 Å². The van der Waals surface area contributed by atoms with Crippen molar-refractivity contribution in [2.24, 2.45) is 0 Å². The second kappa shape index (κ2) is 9.27. The van der Waals surface area contributed by atoms with Crippen molar-refractivity contribution >= 4 is 11.8 Å². The van der Waals surface area contributed by atoms with E-state index in [1.165, 1.54) is 17.0 Å². The second-order valence-corrected chi connectivity index (χ2v) is 6.69. The first kappa shape index (κ1) is 20.6. The summed E-state index contributed by atoms with van der Waals surface area (Å²) in [5, 5.41) is 6.87.